The van der Waals surface area contributed by atoms with Crippen LogP contribution in [0, 0.1) is 0 Å². The highest BCUT2D eigenvalue weighted by Crippen LogP contribution is 2.20. The molecule has 3 rings (SSSR count). The van der Waals surface area contributed by atoms with E-state index < -0.39 is 0 Å². The van der Waals surface area contributed by atoms with E-state index in [0.717, 1.165) is 30.8 Å². The molecule has 1 fully saturated rings. The Hall–Kier alpha value is -2.14. The van der Waals surface area contributed by atoms with Gasteiger partial charge in [-0.1, -0.05) is 6.42 Å². The highest BCUT2D eigenvalue weighted by molar-refractivity contribution is 5.94. The quantitative estimate of drug-likeness (QED) is 0.921. The molecule has 2 aromatic rings. The number of hydrogen-bond donors (Lipinski definition) is 1. The van der Waals surface area contributed by atoms with Crippen molar-refractivity contribution in [2.75, 3.05) is 26.2 Å². The molecule has 122 valence electrons. The van der Waals surface area contributed by atoms with Gasteiger partial charge < -0.3 is 14.8 Å². The van der Waals surface area contributed by atoms with Crippen molar-refractivity contribution in [3.8, 4) is 11.1 Å². The summed E-state index contributed by atoms with van der Waals surface area (Å²) in [5.41, 5.74) is 2.80. The predicted octanol–water partition coefficient (Wildman–Crippen LogP) is 2.30. The summed E-state index contributed by atoms with van der Waals surface area (Å²) in [7, 11) is 1.91. The van der Waals surface area contributed by atoms with Gasteiger partial charge in [-0.15, -0.1) is 0 Å². The van der Waals surface area contributed by atoms with Crippen LogP contribution in [0.4, 0.5) is 0 Å². The van der Waals surface area contributed by atoms with Gasteiger partial charge in [0.25, 0.3) is 5.91 Å². The zero-order valence-electron chi connectivity index (χ0n) is 13.7. The van der Waals surface area contributed by atoms with E-state index in [9.17, 15) is 4.79 Å². The lowest BCUT2D eigenvalue weighted by molar-refractivity contribution is 0.0938. The average Bonchev–Trinajstić information content (AvgIpc) is 2.98. The van der Waals surface area contributed by atoms with Crippen molar-refractivity contribution in [2.24, 2.45) is 7.05 Å². The molecule has 0 unspecified atom stereocenters. The van der Waals surface area contributed by atoms with E-state index in [2.05, 4.69) is 15.2 Å². The molecule has 0 bridgehead atoms. The number of aromatic nitrogens is 2. The molecule has 5 nitrogen and oxygen atoms in total. The third-order valence-electron chi connectivity index (χ3n) is 4.41. The number of rotatable bonds is 5. The van der Waals surface area contributed by atoms with Gasteiger partial charge in [0.15, 0.2) is 0 Å². The number of nitrogens with one attached hydrogen (secondary N) is 1. The van der Waals surface area contributed by atoms with Crippen LogP contribution in [0.25, 0.3) is 11.1 Å². The average molecular weight is 312 g/mol. The molecule has 1 saturated heterocycles. The van der Waals surface area contributed by atoms with E-state index in [1.54, 1.807) is 12.4 Å². The van der Waals surface area contributed by atoms with E-state index in [1.165, 1.54) is 19.3 Å². The molecule has 1 aliphatic heterocycles. The van der Waals surface area contributed by atoms with Crippen LogP contribution in [-0.4, -0.2) is 46.5 Å². The van der Waals surface area contributed by atoms with Gasteiger partial charge in [0, 0.05) is 44.3 Å². The number of piperidine rings is 1. The fourth-order valence-corrected chi connectivity index (χ4v) is 3.09. The number of amides is 1. The monoisotopic (exact) mass is 312 g/mol. The zero-order chi connectivity index (χ0) is 16.1. The third kappa shape index (κ3) is 3.99. The molecule has 1 N–H and O–H groups in total. The predicted molar refractivity (Wildman–Crippen MR) is 91.3 cm³/mol. The van der Waals surface area contributed by atoms with Gasteiger partial charge in [0.05, 0.1) is 0 Å². The number of carbonyl (C=O) groups excluding carboxylic acids is 1. The Morgan fingerprint density at radius 1 is 1.17 bits per heavy atom. The minimum atomic E-state index is -0.00943. The molecule has 0 aromatic carbocycles. The number of aryl methyl sites for hydroxylation is 1. The van der Waals surface area contributed by atoms with Crippen molar-refractivity contribution in [3.05, 3.63) is 42.5 Å². The molecule has 1 aliphatic rings. The van der Waals surface area contributed by atoms with Crippen LogP contribution in [0.1, 0.15) is 29.8 Å². The largest absolute Gasteiger partial charge is 0.349 e. The van der Waals surface area contributed by atoms with Crippen molar-refractivity contribution < 1.29 is 4.79 Å². The van der Waals surface area contributed by atoms with E-state index in [4.69, 9.17) is 0 Å². The second-order valence-electron chi connectivity index (χ2n) is 6.12. The fourth-order valence-electron chi connectivity index (χ4n) is 3.09. The molecule has 0 atom stereocenters. The first-order chi connectivity index (χ1) is 11.2. The Bertz CT molecular complexity index is 644. The zero-order valence-corrected chi connectivity index (χ0v) is 13.7. The van der Waals surface area contributed by atoms with Crippen molar-refractivity contribution >= 4 is 5.91 Å². The molecule has 0 spiro atoms. The van der Waals surface area contributed by atoms with Gasteiger partial charge in [-0.25, -0.2) is 0 Å². The number of nitrogens with zero attached hydrogens (tertiary/aromatic N) is 3. The molecule has 0 radical (unpaired) electrons. The molecule has 2 aromatic heterocycles. The Morgan fingerprint density at radius 3 is 2.65 bits per heavy atom. The van der Waals surface area contributed by atoms with Crippen LogP contribution in [-0.2, 0) is 7.05 Å². The van der Waals surface area contributed by atoms with Crippen LogP contribution in [0.15, 0.2) is 36.8 Å². The van der Waals surface area contributed by atoms with E-state index >= 15 is 0 Å². The van der Waals surface area contributed by atoms with Gasteiger partial charge in [0.2, 0.25) is 0 Å². The van der Waals surface area contributed by atoms with Crippen molar-refractivity contribution in [1.82, 2.24) is 19.8 Å². The van der Waals surface area contributed by atoms with E-state index in [0.29, 0.717) is 12.2 Å². The number of likely N-dealkylation sites (tertiary alicyclic amines) is 1. The molecule has 1 amide bonds. The van der Waals surface area contributed by atoms with Crippen molar-refractivity contribution in [3.63, 3.8) is 0 Å². The highest BCUT2D eigenvalue weighted by Gasteiger charge is 2.14. The lowest BCUT2D eigenvalue weighted by atomic mass is 10.1. The lowest BCUT2D eigenvalue weighted by Gasteiger charge is -2.26. The van der Waals surface area contributed by atoms with Gasteiger partial charge in [-0.3, -0.25) is 9.78 Å². The van der Waals surface area contributed by atoms with E-state index in [1.807, 2.05) is 36.0 Å². The standard InChI is InChI=1S/C18H24N4O/c1-21-14-16(15-5-7-19-8-6-15)13-17(21)18(23)20-9-12-22-10-3-2-4-11-22/h5-8,13-14H,2-4,9-12H2,1H3,(H,20,23). The van der Waals surface area contributed by atoms with Crippen molar-refractivity contribution in [1.29, 1.82) is 0 Å². The summed E-state index contributed by atoms with van der Waals surface area (Å²) in [4.78, 5) is 18.8. The Kier molecular flexibility index (Phi) is 5.08. The summed E-state index contributed by atoms with van der Waals surface area (Å²) < 4.78 is 1.88. The second kappa shape index (κ2) is 7.42. The first-order valence-electron chi connectivity index (χ1n) is 8.31. The Morgan fingerprint density at radius 2 is 1.91 bits per heavy atom. The van der Waals surface area contributed by atoms with Crippen LogP contribution in [0.2, 0.25) is 0 Å². The molecule has 3 heterocycles. The highest BCUT2D eigenvalue weighted by atomic mass is 16.1. The Balaban J connectivity index is 1.58. The minimum Gasteiger partial charge on any atom is -0.349 e. The van der Waals surface area contributed by atoms with E-state index in [-0.39, 0.29) is 5.91 Å². The number of pyridine rings is 1. The number of hydrogen-bond acceptors (Lipinski definition) is 3. The van der Waals surface area contributed by atoms with Gasteiger partial charge >= 0.3 is 0 Å². The maximum Gasteiger partial charge on any atom is 0.267 e. The normalized spacial score (nSPS) is 15.5. The lowest BCUT2D eigenvalue weighted by Crippen LogP contribution is -2.38. The first-order valence-corrected chi connectivity index (χ1v) is 8.31. The molecular weight excluding hydrogens is 288 g/mol. The summed E-state index contributed by atoms with van der Waals surface area (Å²) in [6, 6.07) is 5.84. The van der Waals surface area contributed by atoms with Gasteiger partial charge in [-0.2, -0.15) is 0 Å². The summed E-state index contributed by atoms with van der Waals surface area (Å²) in [5, 5.41) is 3.04. The Labute approximate surface area is 137 Å². The van der Waals surface area contributed by atoms with Crippen LogP contribution in [0.5, 0.6) is 0 Å². The number of carbonyl (C=O) groups is 1. The maximum atomic E-state index is 12.4. The van der Waals surface area contributed by atoms with Crippen molar-refractivity contribution in [2.45, 2.75) is 19.3 Å². The second-order valence-corrected chi connectivity index (χ2v) is 6.12. The van der Waals surface area contributed by atoms with Crippen LogP contribution < -0.4 is 5.32 Å². The molecular formula is C18H24N4O. The summed E-state index contributed by atoms with van der Waals surface area (Å²) in [6.07, 6.45) is 9.41. The summed E-state index contributed by atoms with van der Waals surface area (Å²) >= 11 is 0. The van der Waals surface area contributed by atoms with Gasteiger partial charge in [-0.05, 0) is 49.7 Å². The molecule has 0 saturated carbocycles. The third-order valence-corrected chi connectivity index (χ3v) is 4.41. The summed E-state index contributed by atoms with van der Waals surface area (Å²) in [5.74, 6) is -0.00943. The molecule has 23 heavy (non-hydrogen) atoms. The first kappa shape index (κ1) is 15.7. The minimum absolute atomic E-state index is 0.00943. The topological polar surface area (TPSA) is 50.2 Å². The van der Waals surface area contributed by atoms with Crippen LogP contribution in [0.3, 0.4) is 0 Å². The molecule has 0 aliphatic carbocycles. The molecule has 5 heteroatoms. The fraction of sp³-hybridized carbons (Fsp3) is 0.444. The summed E-state index contributed by atoms with van der Waals surface area (Å²) in [6.45, 7) is 3.96. The van der Waals surface area contributed by atoms with Crippen LogP contribution >= 0.6 is 0 Å². The maximum absolute atomic E-state index is 12.4. The SMILES string of the molecule is Cn1cc(-c2ccncc2)cc1C(=O)NCCN1CCCCC1. The smallest absolute Gasteiger partial charge is 0.267 e. The van der Waals surface area contributed by atoms with Gasteiger partial charge in [0.1, 0.15) is 5.69 Å².